The van der Waals surface area contributed by atoms with Crippen LogP contribution in [0.3, 0.4) is 0 Å². The minimum absolute atomic E-state index is 0.252. The molecule has 24 heavy (non-hydrogen) atoms. The van der Waals surface area contributed by atoms with Gasteiger partial charge in [0.1, 0.15) is 0 Å². The number of hydrogen-bond acceptors (Lipinski definition) is 5. The summed E-state index contributed by atoms with van der Waals surface area (Å²) in [7, 11) is -0.699. The first-order valence-corrected chi connectivity index (χ1v) is 9.16. The predicted octanol–water partition coefficient (Wildman–Crippen LogP) is 2.19. The van der Waals surface area contributed by atoms with E-state index in [2.05, 4.69) is 16.0 Å². The Hall–Kier alpha value is -1.70. The molecule has 0 saturated heterocycles. The highest BCUT2D eigenvalue weighted by Gasteiger charge is 2.19. The molecular formula is C17H25NO5S. The van der Waals surface area contributed by atoms with E-state index in [0.29, 0.717) is 25.8 Å². The molecule has 0 saturated carbocycles. The molecule has 1 aromatic carbocycles. The van der Waals surface area contributed by atoms with Gasteiger partial charge in [-0.1, -0.05) is 24.3 Å². The summed E-state index contributed by atoms with van der Waals surface area (Å²) in [5, 5.41) is 0. The maximum atomic E-state index is 12.1. The summed E-state index contributed by atoms with van der Waals surface area (Å²) in [6, 6.07) is 6.68. The molecular weight excluding hydrogens is 330 g/mol. The van der Waals surface area contributed by atoms with Gasteiger partial charge in [-0.3, -0.25) is 0 Å². The fraction of sp³-hybridized carbons (Fsp3) is 0.471. The van der Waals surface area contributed by atoms with Crippen molar-refractivity contribution in [1.82, 2.24) is 4.72 Å². The lowest BCUT2D eigenvalue weighted by Gasteiger charge is -2.16. The van der Waals surface area contributed by atoms with Crippen LogP contribution in [0.15, 0.2) is 41.3 Å². The number of methoxy groups -OCH3 is 2. The van der Waals surface area contributed by atoms with E-state index in [4.69, 9.17) is 4.74 Å². The van der Waals surface area contributed by atoms with Crippen molar-refractivity contribution in [3.63, 3.8) is 0 Å². The van der Waals surface area contributed by atoms with Gasteiger partial charge < -0.3 is 9.47 Å². The Bertz CT molecular complexity index is 652. The van der Waals surface area contributed by atoms with Crippen molar-refractivity contribution in [3.8, 4) is 0 Å². The van der Waals surface area contributed by atoms with E-state index in [1.165, 1.54) is 14.2 Å². The monoisotopic (exact) mass is 355 g/mol. The highest BCUT2D eigenvalue weighted by atomic mass is 32.2. The molecule has 0 aliphatic rings. The van der Waals surface area contributed by atoms with Crippen LogP contribution in [0, 0.1) is 6.92 Å². The van der Waals surface area contributed by atoms with Crippen molar-refractivity contribution in [2.24, 2.45) is 0 Å². The van der Waals surface area contributed by atoms with E-state index < -0.39 is 22.1 Å². The lowest BCUT2D eigenvalue weighted by atomic mass is 10.1. The second-order valence-electron chi connectivity index (χ2n) is 5.45. The first kappa shape index (κ1) is 20.3. The zero-order valence-electron chi connectivity index (χ0n) is 14.4. The summed E-state index contributed by atoms with van der Waals surface area (Å²) in [4.78, 5) is 11.7. The van der Waals surface area contributed by atoms with Crippen molar-refractivity contribution in [3.05, 3.63) is 42.0 Å². The maximum Gasteiger partial charge on any atom is 0.335 e. The van der Waals surface area contributed by atoms with Crippen molar-refractivity contribution >= 4 is 16.0 Å². The highest BCUT2D eigenvalue weighted by molar-refractivity contribution is 7.89. The van der Waals surface area contributed by atoms with Crippen LogP contribution in [0.5, 0.6) is 0 Å². The summed E-state index contributed by atoms with van der Waals surface area (Å²) in [6.45, 7) is 5.89. The largest absolute Gasteiger partial charge is 0.466 e. The quantitative estimate of drug-likeness (QED) is 0.395. The summed E-state index contributed by atoms with van der Waals surface area (Å²) in [6.07, 6.45) is 1.45. The third-order valence-corrected chi connectivity index (χ3v) is 5.11. The Labute approximate surface area is 143 Å². The third-order valence-electron chi connectivity index (χ3n) is 3.64. The van der Waals surface area contributed by atoms with Gasteiger partial charge >= 0.3 is 5.97 Å². The molecule has 0 fully saturated rings. The van der Waals surface area contributed by atoms with Crippen LogP contribution < -0.4 is 4.72 Å². The first-order chi connectivity index (χ1) is 11.3. The minimum Gasteiger partial charge on any atom is -0.466 e. The van der Waals surface area contributed by atoms with E-state index in [-0.39, 0.29) is 10.5 Å². The second kappa shape index (κ2) is 9.56. The molecule has 134 valence electrons. The van der Waals surface area contributed by atoms with Gasteiger partial charge in [0.25, 0.3) is 0 Å². The number of nitrogens with one attached hydrogen (secondary N) is 1. The van der Waals surface area contributed by atoms with Gasteiger partial charge in [-0.25, -0.2) is 17.9 Å². The molecule has 0 spiro atoms. The number of carbonyl (C=O) groups is 1. The molecule has 0 radical (unpaired) electrons. The van der Waals surface area contributed by atoms with Crippen LogP contribution in [0.2, 0.25) is 0 Å². The first-order valence-electron chi connectivity index (χ1n) is 7.68. The van der Waals surface area contributed by atoms with E-state index in [1.807, 2.05) is 6.92 Å². The summed E-state index contributed by atoms with van der Waals surface area (Å²) in [5.74, 6) is -0.498. The maximum absolute atomic E-state index is 12.1. The second-order valence-corrected chi connectivity index (χ2v) is 7.21. The standard InChI is InChI=1S/C17H25NO5S/c1-13-8-10-15(11-9-13)24(20,21)18-12-6-5-7-16(22-3)14(2)17(19)23-4/h8-11,16,18H,2,5-7,12H2,1,3-4H3. The summed E-state index contributed by atoms with van der Waals surface area (Å²) in [5.41, 5.74) is 1.27. The molecule has 1 N–H and O–H groups in total. The summed E-state index contributed by atoms with van der Waals surface area (Å²) < 4.78 is 36.6. The fourth-order valence-corrected chi connectivity index (χ4v) is 3.23. The van der Waals surface area contributed by atoms with Gasteiger partial charge in [-0.15, -0.1) is 0 Å². The van der Waals surface area contributed by atoms with E-state index >= 15 is 0 Å². The van der Waals surface area contributed by atoms with Crippen LogP contribution in [0.1, 0.15) is 24.8 Å². The van der Waals surface area contributed by atoms with Crippen LogP contribution >= 0.6 is 0 Å². The Balaban J connectivity index is 2.41. The number of aryl methyl sites for hydroxylation is 1. The van der Waals surface area contributed by atoms with Gasteiger partial charge in [0, 0.05) is 13.7 Å². The van der Waals surface area contributed by atoms with Crippen molar-refractivity contribution in [2.75, 3.05) is 20.8 Å². The average molecular weight is 355 g/mol. The predicted molar refractivity (Wildman–Crippen MR) is 92.2 cm³/mol. The number of rotatable bonds is 10. The van der Waals surface area contributed by atoms with Gasteiger partial charge in [0.2, 0.25) is 10.0 Å². The molecule has 0 bridgehead atoms. The SMILES string of the molecule is C=C(C(=O)OC)C(CCCCNS(=O)(=O)c1ccc(C)cc1)OC. The molecule has 0 aromatic heterocycles. The third kappa shape index (κ3) is 6.07. The number of unbranched alkanes of at least 4 members (excludes halogenated alkanes) is 1. The van der Waals surface area contributed by atoms with Crippen LogP contribution in [-0.2, 0) is 24.3 Å². The lowest BCUT2D eigenvalue weighted by Crippen LogP contribution is -2.25. The minimum atomic E-state index is -3.49. The number of hydrogen-bond donors (Lipinski definition) is 1. The molecule has 0 aliphatic carbocycles. The number of carbonyl (C=O) groups excluding carboxylic acids is 1. The molecule has 0 heterocycles. The molecule has 1 rings (SSSR count). The van der Waals surface area contributed by atoms with Gasteiger partial charge in [0.05, 0.1) is 23.7 Å². The van der Waals surface area contributed by atoms with Crippen molar-refractivity contribution in [1.29, 1.82) is 0 Å². The van der Waals surface area contributed by atoms with Crippen LogP contribution in [0.4, 0.5) is 0 Å². The highest BCUT2D eigenvalue weighted by Crippen LogP contribution is 2.14. The molecule has 0 amide bonds. The zero-order chi connectivity index (χ0) is 18.2. The van der Waals surface area contributed by atoms with Gasteiger partial charge in [-0.05, 0) is 38.3 Å². The van der Waals surface area contributed by atoms with Crippen LogP contribution in [-0.4, -0.2) is 41.3 Å². The summed E-state index contributed by atoms with van der Waals surface area (Å²) >= 11 is 0. The molecule has 7 heteroatoms. The number of esters is 1. The van der Waals surface area contributed by atoms with E-state index in [1.54, 1.807) is 24.3 Å². The van der Waals surface area contributed by atoms with E-state index in [9.17, 15) is 13.2 Å². The lowest BCUT2D eigenvalue weighted by molar-refractivity contribution is -0.137. The molecule has 0 aliphatic heterocycles. The number of sulfonamides is 1. The normalized spacial score (nSPS) is 12.6. The van der Waals surface area contributed by atoms with Crippen LogP contribution in [0.25, 0.3) is 0 Å². The Kier molecular flexibility index (Phi) is 8.10. The average Bonchev–Trinajstić information content (AvgIpc) is 2.57. The smallest absolute Gasteiger partial charge is 0.335 e. The van der Waals surface area contributed by atoms with Crippen molar-refractivity contribution < 1.29 is 22.7 Å². The number of benzene rings is 1. The Morgan fingerprint density at radius 2 is 1.83 bits per heavy atom. The number of ether oxygens (including phenoxy) is 2. The van der Waals surface area contributed by atoms with E-state index in [0.717, 1.165) is 5.56 Å². The molecule has 6 nitrogen and oxygen atoms in total. The topological polar surface area (TPSA) is 81.7 Å². The zero-order valence-corrected chi connectivity index (χ0v) is 15.2. The van der Waals surface area contributed by atoms with Gasteiger partial charge in [-0.2, -0.15) is 0 Å². The van der Waals surface area contributed by atoms with Gasteiger partial charge in [0.15, 0.2) is 0 Å². The molecule has 1 aromatic rings. The fourth-order valence-electron chi connectivity index (χ4n) is 2.16. The molecule has 1 atom stereocenters. The van der Waals surface area contributed by atoms with Crippen molar-refractivity contribution in [2.45, 2.75) is 37.2 Å². The molecule has 1 unspecified atom stereocenters. The Morgan fingerprint density at radius 1 is 1.21 bits per heavy atom. The Morgan fingerprint density at radius 3 is 2.38 bits per heavy atom.